The molecule has 3 N–H and O–H groups in total. The van der Waals surface area contributed by atoms with Crippen LogP contribution in [0.5, 0.6) is 0 Å². The molecule has 1 aliphatic heterocycles. The lowest BCUT2D eigenvalue weighted by atomic mass is 10.1. The van der Waals surface area contributed by atoms with Crippen molar-refractivity contribution < 1.29 is 0 Å². The molecule has 4 rings (SSSR count). The van der Waals surface area contributed by atoms with Crippen LogP contribution in [-0.2, 0) is 6.54 Å². The van der Waals surface area contributed by atoms with Crippen LogP contribution in [-0.4, -0.2) is 34.0 Å². The molecule has 2 fully saturated rings. The van der Waals surface area contributed by atoms with E-state index in [1.807, 2.05) is 29.7 Å². The van der Waals surface area contributed by atoms with Gasteiger partial charge in [-0.05, 0) is 50.8 Å². The number of hydrogen-bond donors (Lipinski definition) is 2. The van der Waals surface area contributed by atoms with Crippen molar-refractivity contribution in [2.24, 2.45) is 0 Å². The van der Waals surface area contributed by atoms with Gasteiger partial charge in [-0.2, -0.15) is 0 Å². The van der Waals surface area contributed by atoms with Crippen molar-refractivity contribution in [1.29, 1.82) is 0 Å². The number of nitrogens with zero attached hydrogens (tertiary/aromatic N) is 3. The predicted octanol–water partition coefficient (Wildman–Crippen LogP) is 3.89. The highest BCUT2D eigenvalue weighted by molar-refractivity contribution is 7.11. The third-order valence-corrected chi connectivity index (χ3v) is 6.00. The van der Waals surface area contributed by atoms with Gasteiger partial charge in [0, 0.05) is 36.1 Å². The van der Waals surface area contributed by atoms with Crippen LogP contribution in [0.4, 0.5) is 11.5 Å². The Kier molecular flexibility index (Phi) is 6.15. The molecule has 1 saturated carbocycles. The molecular weight excluding hydrogens is 354 g/mol. The van der Waals surface area contributed by atoms with E-state index >= 15 is 0 Å². The maximum absolute atomic E-state index is 5.65. The zero-order chi connectivity index (χ0) is 16.4. The Hall–Kier alpha value is -1.37. The molecule has 3 heterocycles. The Labute approximate surface area is 159 Å². The summed E-state index contributed by atoms with van der Waals surface area (Å²) in [7, 11) is 0. The molecule has 25 heavy (non-hydrogen) atoms. The molecule has 5 nitrogen and oxygen atoms in total. The smallest absolute Gasteiger partial charge is 0.123 e. The van der Waals surface area contributed by atoms with Crippen LogP contribution in [0.3, 0.4) is 0 Å². The number of pyridine rings is 1. The quantitative estimate of drug-likeness (QED) is 0.824. The average molecular weight is 380 g/mol. The molecule has 1 saturated heterocycles. The van der Waals surface area contributed by atoms with E-state index < -0.39 is 0 Å². The standard InChI is InChI=1S/C18H25N5S.ClH/c19-17-6-5-15(10-20-17)22-14-2-1-8-23(9-7-14)12-16-11-21-18(24-16)13-3-4-13;/h5-6,10-11,13-14,22H,1-4,7-9,12H2,(H2,19,20);1H. The van der Waals surface area contributed by atoms with Gasteiger partial charge in [-0.3, -0.25) is 4.90 Å². The number of hydrogen-bond acceptors (Lipinski definition) is 6. The number of nitrogen functional groups attached to an aromatic ring is 1. The van der Waals surface area contributed by atoms with Crippen LogP contribution >= 0.6 is 23.7 Å². The van der Waals surface area contributed by atoms with E-state index in [0.29, 0.717) is 11.9 Å². The second kappa shape index (κ2) is 8.34. The molecular formula is C18H26ClN5S. The lowest BCUT2D eigenvalue weighted by Crippen LogP contribution is -2.25. The average Bonchev–Trinajstić information content (AvgIpc) is 3.36. The van der Waals surface area contributed by atoms with Crippen molar-refractivity contribution in [1.82, 2.24) is 14.9 Å². The summed E-state index contributed by atoms with van der Waals surface area (Å²) in [6.45, 7) is 3.37. The van der Waals surface area contributed by atoms with Crippen LogP contribution < -0.4 is 11.1 Å². The number of thiazole rings is 1. The Morgan fingerprint density at radius 2 is 2.00 bits per heavy atom. The molecule has 136 valence electrons. The number of nitrogens with two attached hydrogens (primary N) is 1. The van der Waals surface area contributed by atoms with Crippen molar-refractivity contribution in [3.8, 4) is 0 Å². The molecule has 2 aliphatic rings. The van der Waals surface area contributed by atoms with Gasteiger partial charge in [-0.1, -0.05) is 0 Å². The Morgan fingerprint density at radius 3 is 2.76 bits per heavy atom. The molecule has 0 radical (unpaired) electrons. The summed E-state index contributed by atoms with van der Waals surface area (Å²) < 4.78 is 0. The fourth-order valence-electron chi connectivity index (χ4n) is 3.32. The van der Waals surface area contributed by atoms with Crippen LogP contribution in [0.1, 0.15) is 47.9 Å². The molecule has 2 aromatic heterocycles. The summed E-state index contributed by atoms with van der Waals surface area (Å²) in [5, 5.41) is 4.96. The summed E-state index contributed by atoms with van der Waals surface area (Å²) in [6, 6.07) is 4.39. The summed E-state index contributed by atoms with van der Waals surface area (Å²) >= 11 is 1.92. The number of anilines is 2. The van der Waals surface area contributed by atoms with Gasteiger partial charge in [0.1, 0.15) is 5.82 Å². The van der Waals surface area contributed by atoms with Crippen molar-refractivity contribution in [3.05, 3.63) is 34.4 Å². The van der Waals surface area contributed by atoms with E-state index in [2.05, 4.69) is 26.4 Å². The van der Waals surface area contributed by atoms with E-state index in [9.17, 15) is 0 Å². The SMILES string of the molecule is Cl.Nc1ccc(NC2CCCN(Cc3cnc(C4CC4)s3)CC2)cn1. The predicted molar refractivity (Wildman–Crippen MR) is 107 cm³/mol. The zero-order valence-corrected chi connectivity index (χ0v) is 16.0. The Morgan fingerprint density at radius 1 is 1.12 bits per heavy atom. The normalized spacial score (nSPS) is 21.4. The molecule has 0 aromatic carbocycles. The first kappa shape index (κ1) is 18.4. The van der Waals surface area contributed by atoms with Gasteiger partial charge in [0.25, 0.3) is 0 Å². The molecule has 7 heteroatoms. The van der Waals surface area contributed by atoms with E-state index in [4.69, 9.17) is 5.73 Å². The topological polar surface area (TPSA) is 67.1 Å². The maximum Gasteiger partial charge on any atom is 0.123 e. The summed E-state index contributed by atoms with van der Waals surface area (Å²) in [5.41, 5.74) is 6.72. The number of aromatic nitrogens is 2. The fraction of sp³-hybridized carbons (Fsp3) is 0.556. The minimum atomic E-state index is 0. The number of halogens is 1. The van der Waals surface area contributed by atoms with E-state index in [0.717, 1.165) is 24.7 Å². The van der Waals surface area contributed by atoms with Crippen molar-refractivity contribution >= 4 is 35.2 Å². The summed E-state index contributed by atoms with van der Waals surface area (Å²) in [4.78, 5) is 12.8. The largest absolute Gasteiger partial charge is 0.384 e. The molecule has 1 aliphatic carbocycles. The first-order valence-electron chi connectivity index (χ1n) is 8.91. The first-order valence-corrected chi connectivity index (χ1v) is 9.73. The highest BCUT2D eigenvalue weighted by Crippen LogP contribution is 2.41. The van der Waals surface area contributed by atoms with Crippen molar-refractivity contribution in [3.63, 3.8) is 0 Å². The van der Waals surface area contributed by atoms with Crippen LogP contribution in [0, 0.1) is 0 Å². The van der Waals surface area contributed by atoms with Gasteiger partial charge in [-0.25, -0.2) is 9.97 Å². The lowest BCUT2D eigenvalue weighted by molar-refractivity contribution is 0.278. The Balaban J connectivity index is 0.00000182. The zero-order valence-electron chi connectivity index (χ0n) is 14.4. The monoisotopic (exact) mass is 379 g/mol. The number of likely N-dealkylation sites (tertiary alicyclic amines) is 1. The van der Waals surface area contributed by atoms with Crippen molar-refractivity contribution in [2.45, 2.75) is 50.6 Å². The van der Waals surface area contributed by atoms with Crippen molar-refractivity contribution in [2.75, 3.05) is 24.1 Å². The van der Waals surface area contributed by atoms with Gasteiger partial charge in [0.15, 0.2) is 0 Å². The molecule has 0 amide bonds. The van der Waals surface area contributed by atoms with Gasteiger partial charge in [-0.15, -0.1) is 23.7 Å². The fourth-order valence-corrected chi connectivity index (χ4v) is 4.45. The summed E-state index contributed by atoms with van der Waals surface area (Å²) in [5.74, 6) is 1.35. The van der Waals surface area contributed by atoms with Crippen LogP contribution in [0.2, 0.25) is 0 Å². The lowest BCUT2D eigenvalue weighted by Gasteiger charge is -2.20. The van der Waals surface area contributed by atoms with E-state index in [-0.39, 0.29) is 12.4 Å². The Bertz CT molecular complexity index is 670. The van der Waals surface area contributed by atoms with Gasteiger partial charge in [0.2, 0.25) is 0 Å². The van der Waals surface area contributed by atoms with Crippen LogP contribution in [0.15, 0.2) is 24.5 Å². The number of rotatable bonds is 5. The van der Waals surface area contributed by atoms with Gasteiger partial charge < -0.3 is 11.1 Å². The second-order valence-electron chi connectivity index (χ2n) is 6.96. The summed E-state index contributed by atoms with van der Waals surface area (Å²) in [6.07, 6.45) is 10.2. The molecule has 2 aromatic rings. The maximum atomic E-state index is 5.65. The van der Waals surface area contributed by atoms with E-state index in [1.54, 1.807) is 0 Å². The third kappa shape index (κ3) is 5.06. The minimum Gasteiger partial charge on any atom is -0.384 e. The number of nitrogens with one attached hydrogen (secondary N) is 1. The highest BCUT2D eigenvalue weighted by atomic mass is 35.5. The molecule has 1 unspecified atom stereocenters. The first-order chi connectivity index (χ1) is 11.8. The van der Waals surface area contributed by atoms with E-state index in [1.165, 1.54) is 48.5 Å². The third-order valence-electron chi connectivity index (χ3n) is 4.86. The molecule has 1 atom stereocenters. The second-order valence-corrected chi connectivity index (χ2v) is 8.11. The highest BCUT2D eigenvalue weighted by Gasteiger charge is 2.27. The molecule has 0 spiro atoms. The van der Waals surface area contributed by atoms with Gasteiger partial charge in [0.05, 0.1) is 16.9 Å². The van der Waals surface area contributed by atoms with Gasteiger partial charge >= 0.3 is 0 Å². The molecule has 0 bridgehead atoms. The van der Waals surface area contributed by atoms with Crippen LogP contribution in [0.25, 0.3) is 0 Å². The minimum absolute atomic E-state index is 0.